The lowest BCUT2D eigenvalue weighted by Crippen LogP contribution is -2.41. The SMILES string of the molecule is CCCC(c1cc(B2OC(C)(C)C(C)(C)O2)c(OC2CCCCO2)c(-n2c3cc(CC)ccc3c3ccc(CC)cc32)c1)C(C)(C)C. The monoisotopic (exact) mass is 637 g/mol. The molecule has 3 heterocycles. The van der Waals surface area contributed by atoms with E-state index in [1.165, 1.54) is 38.5 Å². The summed E-state index contributed by atoms with van der Waals surface area (Å²) in [6, 6.07) is 18.6. The second-order valence-corrected chi connectivity index (χ2v) is 15.9. The van der Waals surface area contributed by atoms with Crippen molar-refractivity contribution in [3.63, 3.8) is 0 Å². The predicted molar refractivity (Wildman–Crippen MR) is 197 cm³/mol. The summed E-state index contributed by atoms with van der Waals surface area (Å²) in [5.41, 5.74) is 7.38. The van der Waals surface area contributed by atoms with E-state index in [0.717, 1.165) is 61.8 Å². The second kappa shape index (κ2) is 12.9. The molecule has 6 rings (SSSR count). The average Bonchev–Trinajstić information content (AvgIpc) is 3.47. The first kappa shape index (κ1) is 34.1. The molecule has 47 heavy (non-hydrogen) atoms. The number of aromatic nitrogens is 1. The van der Waals surface area contributed by atoms with E-state index in [4.69, 9.17) is 18.8 Å². The first-order valence-corrected chi connectivity index (χ1v) is 18.2. The van der Waals surface area contributed by atoms with Crippen molar-refractivity contribution in [1.29, 1.82) is 0 Å². The summed E-state index contributed by atoms with van der Waals surface area (Å²) in [6.45, 7) is 23.1. The molecule has 0 bridgehead atoms. The molecule has 0 saturated carbocycles. The smallest absolute Gasteiger partial charge is 0.463 e. The van der Waals surface area contributed by atoms with Crippen LogP contribution in [0.15, 0.2) is 48.5 Å². The van der Waals surface area contributed by atoms with Crippen molar-refractivity contribution >= 4 is 34.4 Å². The third-order valence-corrected chi connectivity index (χ3v) is 11.0. The molecule has 0 amide bonds. The van der Waals surface area contributed by atoms with Crippen LogP contribution in [-0.4, -0.2) is 35.8 Å². The maximum Gasteiger partial charge on any atom is 0.498 e. The number of benzene rings is 3. The normalized spacial score (nSPS) is 20.3. The maximum absolute atomic E-state index is 7.08. The van der Waals surface area contributed by atoms with Crippen LogP contribution in [0.1, 0.15) is 124 Å². The second-order valence-electron chi connectivity index (χ2n) is 15.9. The number of nitrogens with zero attached hydrogens (tertiary/aromatic N) is 1. The molecule has 3 aromatic carbocycles. The van der Waals surface area contributed by atoms with Gasteiger partial charge >= 0.3 is 7.12 Å². The predicted octanol–water partition coefficient (Wildman–Crippen LogP) is 10.0. The van der Waals surface area contributed by atoms with Crippen LogP contribution in [0.3, 0.4) is 0 Å². The molecular formula is C41H56BNO4. The van der Waals surface area contributed by atoms with E-state index in [0.29, 0.717) is 12.5 Å². The number of fused-ring (bicyclic) bond motifs is 3. The van der Waals surface area contributed by atoms with Gasteiger partial charge in [-0.3, -0.25) is 0 Å². The molecule has 252 valence electrons. The molecule has 2 atom stereocenters. The maximum atomic E-state index is 7.08. The molecule has 4 aromatic rings. The Bertz CT molecular complexity index is 1660. The first-order valence-electron chi connectivity index (χ1n) is 18.2. The third kappa shape index (κ3) is 6.38. The number of rotatable bonds is 9. The minimum absolute atomic E-state index is 0.0565. The highest BCUT2D eigenvalue weighted by atomic mass is 16.7. The Balaban J connectivity index is 1.73. The van der Waals surface area contributed by atoms with Gasteiger partial charge in [0, 0.05) is 22.7 Å². The van der Waals surface area contributed by atoms with Crippen molar-refractivity contribution in [2.45, 2.75) is 138 Å². The van der Waals surface area contributed by atoms with Crippen LogP contribution >= 0.6 is 0 Å². The van der Waals surface area contributed by atoms with Gasteiger partial charge in [-0.25, -0.2) is 0 Å². The van der Waals surface area contributed by atoms with E-state index < -0.39 is 18.3 Å². The van der Waals surface area contributed by atoms with E-state index in [9.17, 15) is 0 Å². The summed E-state index contributed by atoms with van der Waals surface area (Å²) in [6.07, 6.45) is 6.81. The minimum Gasteiger partial charge on any atom is -0.463 e. The quantitative estimate of drug-likeness (QED) is 0.171. The van der Waals surface area contributed by atoms with Gasteiger partial charge < -0.3 is 23.3 Å². The van der Waals surface area contributed by atoms with Crippen LogP contribution in [0.25, 0.3) is 27.5 Å². The number of aryl methyl sites for hydroxylation is 2. The lowest BCUT2D eigenvalue weighted by molar-refractivity contribution is -0.105. The van der Waals surface area contributed by atoms with Crippen LogP contribution < -0.4 is 10.2 Å². The largest absolute Gasteiger partial charge is 0.498 e. The molecular weight excluding hydrogens is 581 g/mol. The lowest BCUT2D eigenvalue weighted by Gasteiger charge is -2.33. The summed E-state index contributed by atoms with van der Waals surface area (Å²) in [5.74, 6) is 1.13. The van der Waals surface area contributed by atoms with Gasteiger partial charge in [0.2, 0.25) is 0 Å². The zero-order chi connectivity index (χ0) is 33.7. The molecule has 2 aliphatic rings. The molecule has 5 nitrogen and oxygen atoms in total. The fraction of sp³-hybridized carbons (Fsp3) is 0.561. The summed E-state index contributed by atoms with van der Waals surface area (Å²) < 4.78 is 29.5. The third-order valence-electron chi connectivity index (χ3n) is 11.0. The summed E-state index contributed by atoms with van der Waals surface area (Å²) in [7, 11) is -0.579. The Labute approximate surface area is 283 Å². The fourth-order valence-corrected chi connectivity index (χ4v) is 7.43. The molecule has 2 saturated heterocycles. The standard InChI is InChI=1S/C41H56BNO4/c1-11-16-32(39(4,5)6)29-25-33(42-46-40(7,8)41(9,10)47-42)38(45-37-17-14-15-22-44-37)36(26-29)43-34-23-27(12-2)18-20-30(34)31-21-19-28(13-3)24-35(31)43/h18-21,23-26,32,37H,11-17,22H2,1-10H3. The van der Waals surface area contributed by atoms with Gasteiger partial charge in [0.05, 0.1) is 34.5 Å². The van der Waals surface area contributed by atoms with Gasteiger partial charge in [0.25, 0.3) is 0 Å². The highest BCUT2D eigenvalue weighted by Gasteiger charge is 2.53. The molecule has 6 heteroatoms. The van der Waals surface area contributed by atoms with E-state index in [1.807, 2.05) is 0 Å². The topological polar surface area (TPSA) is 41.9 Å². The van der Waals surface area contributed by atoms with Crippen molar-refractivity contribution < 1.29 is 18.8 Å². The van der Waals surface area contributed by atoms with Crippen LogP contribution in [0.4, 0.5) is 0 Å². The van der Waals surface area contributed by atoms with Gasteiger partial charge in [-0.1, -0.05) is 78.3 Å². The van der Waals surface area contributed by atoms with Crippen LogP contribution in [0.5, 0.6) is 5.75 Å². The number of hydrogen-bond donors (Lipinski definition) is 0. The summed E-state index contributed by atoms with van der Waals surface area (Å²) >= 11 is 0. The van der Waals surface area contributed by atoms with Crippen LogP contribution in [0, 0.1) is 5.41 Å². The molecule has 2 unspecified atom stereocenters. The van der Waals surface area contributed by atoms with Crippen molar-refractivity contribution in [3.05, 3.63) is 65.2 Å². The molecule has 0 radical (unpaired) electrons. The lowest BCUT2D eigenvalue weighted by atomic mass is 9.70. The van der Waals surface area contributed by atoms with Gasteiger partial charge in [0.15, 0.2) is 6.29 Å². The molecule has 0 N–H and O–H groups in total. The van der Waals surface area contributed by atoms with Gasteiger partial charge in [-0.2, -0.15) is 0 Å². The molecule has 0 spiro atoms. The fourth-order valence-electron chi connectivity index (χ4n) is 7.43. The van der Waals surface area contributed by atoms with E-state index in [1.54, 1.807) is 0 Å². The zero-order valence-corrected chi connectivity index (χ0v) is 30.6. The Morgan fingerprint density at radius 3 is 1.94 bits per heavy atom. The van der Waals surface area contributed by atoms with Crippen molar-refractivity contribution in [2.24, 2.45) is 5.41 Å². The highest BCUT2D eigenvalue weighted by Crippen LogP contribution is 2.44. The van der Waals surface area contributed by atoms with Crippen LogP contribution in [0.2, 0.25) is 0 Å². The van der Waals surface area contributed by atoms with E-state index >= 15 is 0 Å². The molecule has 0 aliphatic carbocycles. The Kier molecular flexibility index (Phi) is 9.36. The molecule has 2 fully saturated rings. The van der Waals surface area contributed by atoms with Crippen molar-refractivity contribution in [3.8, 4) is 11.4 Å². The Hall–Kier alpha value is -2.80. The van der Waals surface area contributed by atoms with Crippen LogP contribution in [-0.2, 0) is 26.9 Å². The van der Waals surface area contributed by atoms with Crippen molar-refractivity contribution in [2.75, 3.05) is 6.61 Å². The van der Waals surface area contributed by atoms with Gasteiger partial charge in [-0.15, -0.1) is 0 Å². The summed E-state index contributed by atoms with van der Waals surface area (Å²) in [5, 5.41) is 2.51. The van der Waals surface area contributed by atoms with E-state index in [-0.39, 0.29) is 11.7 Å². The van der Waals surface area contributed by atoms with Gasteiger partial charge in [0.1, 0.15) is 5.75 Å². The van der Waals surface area contributed by atoms with Crippen molar-refractivity contribution in [1.82, 2.24) is 4.57 Å². The minimum atomic E-state index is -0.579. The highest BCUT2D eigenvalue weighted by molar-refractivity contribution is 6.63. The Morgan fingerprint density at radius 2 is 1.45 bits per heavy atom. The Morgan fingerprint density at radius 1 is 0.851 bits per heavy atom. The van der Waals surface area contributed by atoms with Gasteiger partial charge in [-0.05, 0) is 106 Å². The van der Waals surface area contributed by atoms with E-state index in [2.05, 4.69) is 122 Å². The average molecular weight is 638 g/mol. The number of ether oxygens (including phenoxy) is 2. The molecule has 2 aliphatic heterocycles. The molecule has 1 aromatic heterocycles. The number of hydrogen-bond acceptors (Lipinski definition) is 4. The first-order chi connectivity index (χ1) is 22.3. The zero-order valence-electron chi connectivity index (χ0n) is 30.6. The summed E-state index contributed by atoms with van der Waals surface area (Å²) in [4.78, 5) is 0.